The molecule has 0 radical (unpaired) electrons. The van der Waals surface area contributed by atoms with Crippen LogP contribution in [0.5, 0.6) is 11.5 Å². The maximum Gasteiger partial charge on any atom is 0.264 e. The summed E-state index contributed by atoms with van der Waals surface area (Å²) < 4.78 is 39.0. The van der Waals surface area contributed by atoms with Gasteiger partial charge in [0.1, 0.15) is 19.8 Å². The van der Waals surface area contributed by atoms with Gasteiger partial charge < -0.3 is 9.47 Å². The number of amides is 1. The summed E-state index contributed by atoms with van der Waals surface area (Å²) in [5.41, 5.74) is 5.34. The molecular weight excluding hydrogens is 454 g/mol. The number of aryl methyl sites for hydroxylation is 2. The van der Waals surface area contributed by atoms with Gasteiger partial charge in [-0.2, -0.15) is 5.10 Å². The minimum absolute atomic E-state index is 0.100. The van der Waals surface area contributed by atoms with Gasteiger partial charge in [-0.05, 0) is 50.2 Å². The number of benzene rings is 3. The van der Waals surface area contributed by atoms with E-state index >= 15 is 0 Å². The minimum atomic E-state index is -3.98. The van der Waals surface area contributed by atoms with Gasteiger partial charge in [-0.3, -0.25) is 9.10 Å². The van der Waals surface area contributed by atoms with Gasteiger partial charge in [0, 0.05) is 5.56 Å². The van der Waals surface area contributed by atoms with Crippen molar-refractivity contribution in [2.24, 2.45) is 5.10 Å². The zero-order valence-electron chi connectivity index (χ0n) is 18.9. The van der Waals surface area contributed by atoms with E-state index in [9.17, 15) is 13.2 Å². The Morgan fingerprint density at radius 3 is 2.32 bits per heavy atom. The van der Waals surface area contributed by atoms with E-state index < -0.39 is 22.5 Å². The number of ether oxygens (including phenoxy) is 2. The lowest BCUT2D eigenvalue weighted by Crippen LogP contribution is -2.39. The molecule has 0 saturated carbocycles. The lowest BCUT2D eigenvalue weighted by molar-refractivity contribution is -0.119. The predicted octanol–water partition coefficient (Wildman–Crippen LogP) is 3.42. The Balaban J connectivity index is 1.54. The van der Waals surface area contributed by atoms with Crippen LogP contribution in [-0.2, 0) is 14.8 Å². The normalized spacial score (nSPS) is 13.0. The van der Waals surface area contributed by atoms with Gasteiger partial charge in [0.05, 0.1) is 16.8 Å². The summed E-state index contributed by atoms with van der Waals surface area (Å²) in [4.78, 5) is 12.8. The Labute approximate surface area is 198 Å². The SMILES string of the molecule is Cc1ccc(N(CC(=O)N/N=C/c2cccc3c2OCCO3)S(=O)(=O)c2ccc(C)cc2)cc1. The first-order valence-electron chi connectivity index (χ1n) is 10.7. The fourth-order valence-electron chi connectivity index (χ4n) is 3.40. The predicted molar refractivity (Wildman–Crippen MR) is 130 cm³/mol. The molecule has 1 heterocycles. The molecule has 1 amide bonds. The first-order valence-corrected chi connectivity index (χ1v) is 12.2. The van der Waals surface area contributed by atoms with E-state index in [4.69, 9.17) is 9.47 Å². The van der Waals surface area contributed by atoms with E-state index in [2.05, 4.69) is 10.5 Å². The zero-order valence-corrected chi connectivity index (χ0v) is 19.7. The highest BCUT2D eigenvalue weighted by Crippen LogP contribution is 2.32. The molecule has 0 spiro atoms. The van der Waals surface area contributed by atoms with Crippen LogP contribution in [0.3, 0.4) is 0 Å². The quantitative estimate of drug-likeness (QED) is 0.414. The van der Waals surface area contributed by atoms with Crippen LogP contribution in [0.2, 0.25) is 0 Å². The highest BCUT2D eigenvalue weighted by atomic mass is 32.2. The number of rotatable bonds is 7. The van der Waals surface area contributed by atoms with Crippen LogP contribution >= 0.6 is 0 Å². The smallest absolute Gasteiger partial charge is 0.264 e. The van der Waals surface area contributed by atoms with Crippen molar-refractivity contribution >= 4 is 27.8 Å². The Kier molecular flexibility index (Phi) is 6.83. The minimum Gasteiger partial charge on any atom is -0.486 e. The van der Waals surface area contributed by atoms with Crippen molar-refractivity contribution in [3.8, 4) is 11.5 Å². The first kappa shape index (κ1) is 23.3. The third-order valence-electron chi connectivity index (χ3n) is 5.21. The van der Waals surface area contributed by atoms with E-state index in [-0.39, 0.29) is 4.90 Å². The van der Waals surface area contributed by atoms with Crippen LogP contribution < -0.4 is 19.2 Å². The second-order valence-electron chi connectivity index (χ2n) is 7.82. The summed E-state index contributed by atoms with van der Waals surface area (Å²) in [6, 6.07) is 18.8. The molecule has 0 saturated heterocycles. The number of hydrogen-bond acceptors (Lipinski definition) is 6. The number of nitrogens with zero attached hydrogens (tertiary/aromatic N) is 2. The topological polar surface area (TPSA) is 97.3 Å². The Bertz CT molecular complexity index is 1300. The van der Waals surface area contributed by atoms with Gasteiger partial charge >= 0.3 is 0 Å². The third-order valence-corrected chi connectivity index (χ3v) is 7.00. The number of para-hydroxylation sites is 1. The van der Waals surface area contributed by atoms with Crippen LogP contribution in [0.15, 0.2) is 76.7 Å². The molecule has 0 aliphatic carbocycles. The maximum atomic E-state index is 13.4. The summed E-state index contributed by atoms with van der Waals surface area (Å²) in [6.45, 7) is 4.23. The van der Waals surface area contributed by atoms with Crippen molar-refractivity contribution in [3.63, 3.8) is 0 Å². The Morgan fingerprint density at radius 1 is 0.971 bits per heavy atom. The molecule has 1 aliphatic heterocycles. The molecule has 0 aromatic heterocycles. The van der Waals surface area contributed by atoms with Gasteiger partial charge in [0.25, 0.3) is 15.9 Å². The maximum absolute atomic E-state index is 13.4. The van der Waals surface area contributed by atoms with Crippen molar-refractivity contribution < 1.29 is 22.7 Å². The molecule has 9 heteroatoms. The molecule has 3 aromatic carbocycles. The first-order chi connectivity index (χ1) is 16.3. The molecule has 1 N–H and O–H groups in total. The van der Waals surface area contributed by atoms with Crippen LogP contribution in [-0.4, -0.2) is 40.3 Å². The lowest BCUT2D eigenvalue weighted by atomic mass is 10.2. The second-order valence-corrected chi connectivity index (χ2v) is 9.69. The molecule has 0 bridgehead atoms. The summed E-state index contributed by atoms with van der Waals surface area (Å²) in [5, 5.41) is 4.00. The van der Waals surface area contributed by atoms with Crippen LogP contribution in [0.25, 0.3) is 0 Å². The van der Waals surface area contributed by atoms with Gasteiger partial charge in [-0.15, -0.1) is 0 Å². The summed E-state index contributed by atoms with van der Waals surface area (Å²) in [5.74, 6) is 0.570. The van der Waals surface area contributed by atoms with E-state index in [1.54, 1.807) is 54.6 Å². The van der Waals surface area contributed by atoms with Gasteiger partial charge in [-0.25, -0.2) is 13.8 Å². The number of sulfonamides is 1. The molecule has 3 aromatic rings. The number of hydrazone groups is 1. The average Bonchev–Trinajstić information content (AvgIpc) is 2.83. The highest BCUT2D eigenvalue weighted by molar-refractivity contribution is 7.92. The number of anilines is 1. The highest BCUT2D eigenvalue weighted by Gasteiger charge is 2.27. The molecule has 34 heavy (non-hydrogen) atoms. The van der Waals surface area contributed by atoms with Crippen molar-refractivity contribution in [2.45, 2.75) is 18.7 Å². The molecule has 4 rings (SSSR count). The third kappa shape index (κ3) is 5.20. The van der Waals surface area contributed by atoms with E-state index in [1.165, 1.54) is 18.3 Å². The van der Waals surface area contributed by atoms with E-state index in [0.29, 0.717) is 36.0 Å². The zero-order chi connectivity index (χ0) is 24.1. The Hall–Kier alpha value is -3.85. The monoisotopic (exact) mass is 479 g/mol. The standard InChI is InChI=1S/C25H25N3O5S/c1-18-6-10-21(11-7-18)28(34(30,31)22-12-8-19(2)9-13-22)17-24(29)27-26-16-20-4-3-5-23-25(20)33-15-14-32-23/h3-13,16H,14-15,17H2,1-2H3,(H,27,29)/b26-16+. The fourth-order valence-corrected chi connectivity index (χ4v) is 4.82. The number of fused-ring (bicyclic) bond motifs is 1. The molecular formula is C25H25N3O5S. The second kappa shape index (κ2) is 9.96. The van der Waals surface area contributed by atoms with Crippen molar-refractivity contribution in [1.82, 2.24) is 5.43 Å². The van der Waals surface area contributed by atoms with Crippen LogP contribution in [0, 0.1) is 13.8 Å². The number of hydrogen-bond donors (Lipinski definition) is 1. The van der Waals surface area contributed by atoms with Crippen molar-refractivity contribution in [3.05, 3.63) is 83.4 Å². The lowest BCUT2D eigenvalue weighted by Gasteiger charge is -2.24. The molecule has 0 atom stereocenters. The summed E-state index contributed by atoms with van der Waals surface area (Å²) in [7, 11) is -3.98. The Morgan fingerprint density at radius 2 is 1.62 bits per heavy atom. The molecule has 8 nitrogen and oxygen atoms in total. The van der Waals surface area contributed by atoms with Crippen molar-refractivity contribution in [1.29, 1.82) is 0 Å². The number of carbonyl (C=O) groups excluding carboxylic acids is 1. The van der Waals surface area contributed by atoms with Gasteiger partial charge in [0.2, 0.25) is 0 Å². The van der Waals surface area contributed by atoms with E-state index in [0.717, 1.165) is 15.4 Å². The van der Waals surface area contributed by atoms with Gasteiger partial charge in [0.15, 0.2) is 11.5 Å². The number of carbonyl (C=O) groups is 1. The molecule has 0 fully saturated rings. The summed E-state index contributed by atoms with van der Waals surface area (Å²) >= 11 is 0. The molecule has 176 valence electrons. The van der Waals surface area contributed by atoms with Crippen molar-refractivity contribution in [2.75, 3.05) is 24.1 Å². The van der Waals surface area contributed by atoms with Crippen LogP contribution in [0.1, 0.15) is 16.7 Å². The average molecular weight is 480 g/mol. The van der Waals surface area contributed by atoms with Crippen LogP contribution in [0.4, 0.5) is 5.69 Å². The summed E-state index contributed by atoms with van der Waals surface area (Å²) in [6.07, 6.45) is 1.44. The molecule has 0 unspecified atom stereocenters. The van der Waals surface area contributed by atoms with Gasteiger partial charge in [-0.1, -0.05) is 41.5 Å². The molecule has 1 aliphatic rings. The largest absolute Gasteiger partial charge is 0.486 e. The number of nitrogens with one attached hydrogen (secondary N) is 1. The fraction of sp³-hybridized carbons (Fsp3) is 0.200. The van der Waals surface area contributed by atoms with E-state index in [1.807, 2.05) is 13.8 Å².